The summed E-state index contributed by atoms with van der Waals surface area (Å²) in [6.45, 7) is 1.88. The van der Waals surface area contributed by atoms with E-state index in [0.717, 1.165) is 11.3 Å². The number of aromatic amines is 1. The van der Waals surface area contributed by atoms with Crippen molar-refractivity contribution in [1.29, 1.82) is 0 Å². The summed E-state index contributed by atoms with van der Waals surface area (Å²) in [6.07, 6.45) is 0. The molecule has 0 fully saturated rings. The highest BCUT2D eigenvalue weighted by atomic mass is 32.1. The first-order valence-corrected chi connectivity index (χ1v) is 7.89. The minimum absolute atomic E-state index is 0.180. The van der Waals surface area contributed by atoms with E-state index in [1.54, 1.807) is 6.92 Å². The fourth-order valence-corrected chi connectivity index (χ4v) is 3.43. The van der Waals surface area contributed by atoms with Crippen molar-refractivity contribution < 1.29 is 13.9 Å². The Morgan fingerprint density at radius 2 is 2.08 bits per heavy atom. The second kappa shape index (κ2) is 6.50. The molecule has 124 valence electrons. The number of benzene rings is 1. The number of aromatic nitrogens is 2. The molecule has 1 amide bonds. The molecule has 0 radical (unpaired) electrons. The van der Waals surface area contributed by atoms with E-state index >= 15 is 0 Å². The van der Waals surface area contributed by atoms with Gasteiger partial charge in [0.1, 0.15) is 23.1 Å². The molecule has 3 aromatic rings. The van der Waals surface area contributed by atoms with Gasteiger partial charge in [-0.2, -0.15) is 0 Å². The van der Waals surface area contributed by atoms with Crippen molar-refractivity contribution >= 4 is 33.1 Å². The minimum Gasteiger partial charge on any atom is -0.377 e. The third kappa shape index (κ3) is 3.06. The van der Waals surface area contributed by atoms with E-state index in [1.807, 2.05) is 0 Å². The molecule has 3 rings (SSSR count). The summed E-state index contributed by atoms with van der Waals surface area (Å²) in [4.78, 5) is 32.5. The number of H-pyrrole nitrogens is 1. The standard InChI is InChI=1S/C16H14FN3O3S/c1-8-12-14(21)19-11(7-23-2)20-16(12)24-13(8)15(22)18-10-5-3-9(17)4-6-10/h3-6H,7H2,1-2H3,(H,18,22)(H,19,20,21). The molecule has 6 nitrogen and oxygen atoms in total. The number of amides is 1. The Labute approximate surface area is 140 Å². The number of nitrogens with one attached hydrogen (secondary N) is 2. The first-order valence-electron chi connectivity index (χ1n) is 7.07. The summed E-state index contributed by atoms with van der Waals surface area (Å²) in [7, 11) is 1.51. The lowest BCUT2D eigenvalue weighted by Gasteiger charge is -2.04. The van der Waals surface area contributed by atoms with Gasteiger partial charge in [0.25, 0.3) is 11.5 Å². The summed E-state index contributed by atoms with van der Waals surface area (Å²) >= 11 is 1.14. The molecule has 2 heterocycles. The third-order valence-electron chi connectivity index (χ3n) is 3.44. The number of carbonyl (C=O) groups excluding carboxylic acids is 1. The van der Waals surface area contributed by atoms with Crippen molar-refractivity contribution in [3.63, 3.8) is 0 Å². The Balaban J connectivity index is 1.98. The Bertz CT molecular complexity index is 963. The predicted molar refractivity (Wildman–Crippen MR) is 90.0 cm³/mol. The summed E-state index contributed by atoms with van der Waals surface area (Å²) in [5.41, 5.74) is 0.731. The zero-order chi connectivity index (χ0) is 17.3. The number of thiophene rings is 1. The molecule has 0 spiro atoms. The van der Waals surface area contributed by atoms with Gasteiger partial charge >= 0.3 is 0 Å². The zero-order valence-electron chi connectivity index (χ0n) is 13.0. The van der Waals surface area contributed by atoms with Gasteiger partial charge in [-0.1, -0.05) is 0 Å². The fraction of sp³-hybridized carbons (Fsp3) is 0.188. The highest BCUT2D eigenvalue weighted by Crippen LogP contribution is 2.27. The molecule has 2 aromatic heterocycles. The van der Waals surface area contributed by atoms with E-state index in [2.05, 4.69) is 15.3 Å². The Morgan fingerprint density at radius 1 is 1.38 bits per heavy atom. The van der Waals surface area contributed by atoms with Gasteiger partial charge in [-0.05, 0) is 36.8 Å². The van der Waals surface area contributed by atoms with Crippen LogP contribution in [0.2, 0.25) is 0 Å². The molecule has 0 atom stereocenters. The van der Waals surface area contributed by atoms with Crippen LogP contribution in [0.1, 0.15) is 21.1 Å². The lowest BCUT2D eigenvalue weighted by molar-refractivity contribution is 0.103. The van der Waals surface area contributed by atoms with Crippen LogP contribution < -0.4 is 10.9 Å². The maximum Gasteiger partial charge on any atom is 0.266 e. The predicted octanol–water partition coefficient (Wildman–Crippen LogP) is 2.83. The van der Waals surface area contributed by atoms with Gasteiger partial charge in [0.2, 0.25) is 0 Å². The summed E-state index contributed by atoms with van der Waals surface area (Å²) in [5.74, 6) is -0.344. The lowest BCUT2D eigenvalue weighted by atomic mass is 10.2. The van der Waals surface area contributed by atoms with Crippen molar-refractivity contribution in [1.82, 2.24) is 9.97 Å². The number of aryl methyl sites for hydroxylation is 1. The Hall–Kier alpha value is -2.58. The molecule has 24 heavy (non-hydrogen) atoms. The number of methoxy groups -OCH3 is 1. The summed E-state index contributed by atoms with van der Waals surface area (Å²) in [6, 6.07) is 5.46. The van der Waals surface area contributed by atoms with Crippen LogP contribution in [-0.2, 0) is 11.3 Å². The van der Waals surface area contributed by atoms with Gasteiger partial charge in [0.15, 0.2) is 0 Å². The average molecular weight is 347 g/mol. The fourth-order valence-electron chi connectivity index (χ4n) is 2.33. The first kappa shape index (κ1) is 16.3. The van der Waals surface area contributed by atoms with Crippen molar-refractivity contribution in [2.24, 2.45) is 0 Å². The lowest BCUT2D eigenvalue weighted by Crippen LogP contribution is -2.13. The zero-order valence-corrected chi connectivity index (χ0v) is 13.8. The van der Waals surface area contributed by atoms with Crippen molar-refractivity contribution in [3.8, 4) is 0 Å². The number of fused-ring (bicyclic) bond motifs is 1. The quantitative estimate of drug-likeness (QED) is 0.760. The van der Waals surface area contributed by atoms with E-state index in [9.17, 15) is 14.0 Å². The van der Waals surface area contributed by atoms with E-state index in [0.29, 0.717) is 32.2 Å². The number of ether oxygens (including phenoxy) is 1. The first-order chi connectivity index (χ1) is 11.5. The van der Waals surface area contributed by atoms with Crippen LogP contribution in [0.25, 0.3) is 10.2 Å². The van der Waals surface area contributed by atoms with Gasteiger partial charge in [0.05, 0.1) is 10.3 Å². The van der Waals surface area contributed by atoms with E-state index in [-0.39, 0.29) is 23.9 Å². The second-order valence-corrected chi connectivity index (χ2v) is 6.14. The van der Waals surface area contributed by atoms with E-state index in [1.165, 1.54) is 31.4 Å². The number of anilines is 1. The van der Waals surface area contributed by atoms with Gasteiger partial charge in [0, 0.05) is 12.8 Å². The molecule has 0 bridgehead atoms. The monoisotopic (exact) mass is 347 g/mol. The van der Waals surface area contributed by atoms with Gasteiger partial charge in [-0.15, -0.1) is 11.3 Å². The van der Waals surface area contributed by atoms with Crippen LogP contribution in [-0.4, -0.2) is 23.0 Å². The maximum absolute atomic E-state index is 12.9. The molecule has 0 aliphatic rings. The second-order valence-electron chi connectivity index (χ2n) is 5.14. The minimum atomic E-state index is -0.382. The molecular formula is C16H14FN3O3S. The molecule has 2 N–H and O–H groups in total. The smallest absolute Gasteiger partial charge is 0.266 e. The van der Waals surface area contributed by atoms with Crippen LogP contribution in [0.15, 0.2) is 29.1 Å². The number of rotatable bonds is 4. The SMILES string of the molecule is COCc1nc2sc(C(=O)Nc3ccc(F)cc3)c(C)c2c(=O)[nH]1. The summed E-state index contributed by atoms with van der Waals surface area (Å²) < 4.78 is 17.9. The van der Waals surface area contributed by atoms with Gasteiger partial charge < -0.3 is 15.0 Å². The van der Waals surface area contributed by atoms with E-state index < -0.39 is 0 Å². The number of hydrogen-bond acceptors (Lipinski definition) is 5. The molecule has 8 heteroatoms. The number of nitrogens with zero attached hydrogens (tertiary/aromatic N) is 1. The highest BCUT2D eigenvalue weighted by Gasteiger charge is 2.19. The Kier molecular flexibility index (Phi) is 4.41. The average Bonchev–Trinajstić information content (AvgIpc) is 2.87. The van der Waals surface area contributed by atoms with Crippen LogP contribution in [0.3, 0.4) is 0 Å². The molecule has 0 unspecified atom stereocenters. The molecule has 0 aliphatic carbocycles. The number of hydrogen-bond donors (Lipinski definition) is 2. The third-order valence-corrected chi connectivity index (χ3v) is 4.62. The largest absolute Gasteiger partial charge is 0.377 e. The van der Waals surface area contributed by atoms with Gasteiger partial charge in [-0.3, -0.25) is 9.59 Å². The van der Waals surface area contributed by atoms with Crippen LogP contribution in [0.5, 0.6) is 0 Å². The van der Waals surface area contributed by atoms with Gasteiger partial charge in [-0.25, -0.2) is 9.37 Å². The van der Waals surface area contributed by atoms with Crippen LogP contribution in [0, 0.1) is 12.7 Å². The highest BCUT2D eigenvalue weighted by molar-refractivity contribution is 7.20. The molecule has 0 aliphatic heterocycles. The molecule has 0 saturated heterocycles. The van der Waals surface area contributed by atoms with Crippen LogP contribution in [0.4, 0.5) is 10.1 Å². The Morgan fingerprint density at radius 3 is 2.75 bits per heavy atom. The number of halogens is 1. The van der Waals surface area contributed by atoms with Crippen molar-refractivity contribution in [2.45, 2.75) is 13.5 Å². The summed E-state index contributed by atoms with van der Waals surface area (Å²) in [5, 5.41) is 3.08. The maximum atomic E-state index is 12.9. The van der Waals surface area contributed by atoms with E-state index in [4.69, 9.17) is 4.74 Å². The van der Waals surface area contributed by atoms with Crippen molar-refractivity contribution in [2.75, 3.05) is 12.4 Å². The molecule has 1 aromatic carbocycles. The molecule has 0 saturated carbocycles. The van der Waals surface area contributed by atoms with Crippen LogP contribution >= 0.6 is 11.3 Å². The number of carbonyl (C=O) groups is 1. The van der Waals surface area contributed by atoms with Crippen molar-refractivity contribution in [3.05, 3.63) is 56.7 Å². The molecular weight excluding hydrogens is 333 g/mol. The normalized spacial score (nSPS) is 11.0. The topological polar surface area (TPSA) is 84.1 Å².